The summed E-state index contributed by atoms with van der Waals surface area (Å²) in [5, 5.41) is 0. The van der Waals surface area contributed by atoms with Gasteiger partial charge < -0.3 is 0 Å². The number of Topliss-reactive ketones (excluding diaryl/α,β-unsaturated/α-hetero) is 1. The summed E-state index contributed by atoms with van der Waals surface area (Å²) in [5.74, 6) is 0.0799. The van der Waals surface area contributed by atoms with Crippen molar-refractivity contribution in [2.75, 3.05) is 0 Å². The highest BCUT2D eigenvalue weighted by Gasteiger charge is 2.06. The monoisotopic (exact) mass is 239 g/mol. The Morgan fingerprint density at radius 3 is 2.56 bits per heavy atom. The first-order chi connectivity index (χ1) is 8.79. The molecule has 2 rings (SSSR count). The Morgan fingerprint density at radius 2 is 1.94 bits per heavy atom. The van der Waals surface area contributed by atoms with Crippen LogP contribution in [0.2, 0.25) is 0 Å². The van der Waals surface area contributed by atoms with Gasteiger partial charge in [-0.05, 0) is 18.1 Å². The van der Waals surface area contributed by atoms with E-state index in [1.807, 2.05) is 12.1 Å². The molecule has 0 aliphatic heterocycles. The van der Waals surface area contributed by atoms with Gasteiger partial charge in [-0.25, -0.2) is 0 Å². The van der Waals surface area contributed by atoms with Crippen LogP contribution in [0, 0.1) is 0 Å². The number of rotatable bonds is 5. The second kappa shape index (κ2) is 5.87. The lowest BCUT2D eigenvalue weighted by atomic mass is 10.0. The van der Waals surface area contributed by atoms with Crippen molar-refractivity contribution in [3.05, 3.63) is 65.5 Å². The van der Waals surface area contributed by atoms with Crippen molar-refractivity contribution in [3.8, 4) is 0 Å². The lowest BCUT2D eigenvalue weighted by Gasteiger charge is -2.01. The maximum atomic E-state index is 11.9. The normalized spacial score (nSPS) is 10.0. The van der Waals surface area contributed by atoms with Crippen LogP contribution in [0.4, 0.5) is 0 Å². The SMILES string of the molecule is O=Cc1ccc(C(=O)CCc2cccnc2)cc1. The maximum Gasteiger partial charge on any atom is 0.163 e. The highest BCUT2D eigenvalue weighted by atomic mass is 16.1. The van der Waals surface area contributed by atoms with E-state index in [0.29, 0.717) is 24.0 Å². The van der Waals surface area contributed by atoms with Gasteiger partial charge in [-0.15, -0.1) is 0 Å². The van der Waals surface area contributed by atoms with Gasteiger partial charge in [-0.3, -0.25) is 14.6 Å². The summed E-state index contributed by atoms with van der Waals surface area (Å²) in [7, 11) is 0. The molecule has 0 aliphatic rings. The van der Waals surface area contributed by atoms with E-state index < -0.39 is 0 Å². The number of benzene rings is 1. The summed E-state index contributed by atoms with van der Waals surface area (Å²) in [5.41, 5.74) is 2.28. The van der Waals surface area contributed by atoms with Crippen molar-refractivity contribution in [1.29, 1.82) is 0 Å². The number of hydrogen-bond donors (Lipinski definition) is 0. The van der Waals surface area contributed by atoms with E-state index in [0.717, 1.165) is 11.8 Å². The van der Waals surface area contributed by atoms with E-state index in [1.165, 1.54) is 0 Å². The van der Waals surface area contributed by atoms with E-state index in [1.54, 1.807) is 36.7 Å². The van der Waals surface area contributed by atoms with Gasteiger partial charge in [-0.1, -0.05) is 30.3 Å². The molecule has 0 fully saturated rings. The number of ketones is 1. The molecule has 3 heteroatoms. The molecule has 1 aromatic heterocycles. The number of aromatic nitrogens is 1. The van der Waals surface area contributed by atoms with Crippen molar-refractivity contribution in [3.63, 3.8) is 0 Å². The molecule has 0 saturated carbocycles. The minimum Gasteiger partial charge on any atom is -0.298 e. The van der Waals surface area contributed by atoms with Crippen LogP contribution < -0.4 is 0 Å². The summed E-state index contributed by atoms with van der Waals surface area (Å²) in [6, 6.07) is 10.5. The predicted molar refractivity (Wildman–Crippen MR) is 68.7 cm³/mol. The summed E-state index contributed by atoms with van der Waals surface area (Å²) in [6.07, 6.45) is 5.38. The van der Waals surface area contributed by atoms with Crippen LogP contribution in [0.15, 0.2) is 48.8 Å². The third-order valence-corrected chi connectivity index (χ3v) is 2.73. The molecule has 1 heterocycles. The fraction of sp³-hybridized carbons (Fsp3) is 0.133. The van der Waals surface area contributed by atoms with Gasteiger partial charge in [0.1, 0.15) is 6.29 Å². The molecular formula is C15H13NO2. The highest BCUT2D eigenvalue weighted by molar-refractivity contribution is 5.96. The zero-order chi connectivity index (χ0) is 12.8. The van der Waals surface area contributed by atoms with Gasteiger partial charge >= 0.3 is 0 Å². The van der Waals surface area contributed by atoms with Gasteiger partial charge in [0.05, 0.1) is 0 Å². The molecule has 0 amide bonds. The Hall–Kier alpha value is -2.29. The third kappa shape index (κ3) is 3.10. The number of carbonyl (C=O) groups is 2. The van der Waals surface area contributed by atoms with E-state index in [-0.39, 0.29) is 5.78 Å². The summed E-state index contributed by atoms with van der Waals surface area (Å²) >= 11 is 0. The van der Waals surface area contributed by atoms with Crippen LogP contribution in [0.3, 0.4) is 0 Å². The number of aldehydes is 1. The van der Waals surface area contributed by atoms with Crippen LogP contribution in [-0.2, 0) is 6.42 Å². The lowest BCUT2D eigenvalue weighted by Crippen LogP contribution is -2.01. The van der Waals surface area contributed by atoms with E-state index in [4.69, 9.17) is 0 Å². The molecule has 18 heavy (non-hydrogen) atoms. The molecule has 0 N–H and O–H groups in total. The van der Waals surface area contributed by atoms with E-state index in [9.17, 15) is 9.59 Å². The Bertz CT molecular complexity index is 532. The average molecular weight is 239 g/mol. The Kier molecular flexibility index (Phi) is 3.97. The summed E-state index contributed by atoms with van der Waals surface area (Å²) in [6.45, 7) is 0. The highest BCUT2D eigenvalue weighted by Crippen LogP contribution is 2.08. The minimum absolute atomic E-state index is 0.0799. The minimum atomic E-state index is 0.0799. The molecule has 3 nitrogen and oxygen atoms in total. The molecule has 2 aromatic rings. The van der Waals surface area contributed by atoms with Crippen molar-refractivity contribution in [1.82, 2.24) is 4.98 Å². The quantitative estimate of drug-likeness (QED) is 0.595. The number of nitrogens with zero attached hydrogens (tertiary/aromatic N) is 1. The predicted octanol–water partition coefficient (Wildman–Crippen LogP) is 2.71. The second-order valence-electron chi connectivity index (χ2n) is 4.02. The number of carbonyl (C=O) groups excluding carboxylic acids is 2. The topological polar surface area (TPSA) is 47.0 Å². The van der Waals surface area contributed by atoms with Crippen LogP contribution in [0.5, 0.6) is 0 Å². The van der Waals surface area contributed by atoms with Crippen LogP contribution in [0.25, 0.3) is 0 Å². The molecule has 0 bridgehead atoms. The molecule has 1 aromatic carbocycles. The van der Waals surface area contributed by atoms with Crippen LogP contribution >= 0.6 is 0 Å². The first-order valence-corrected chi connectivity index (χ1v) is 5.77. The maximum absolute atomic E-state index is 11.9. The number of pyridine rings is 1. The average Bonchev–Trinajstić information content (AvgIpc) is 2.46. The largest absolute Gasteiger partial charge is 0.298 e. The van der Waals surface area contributed by atoms with Gasteiger partial charge in [0.2, 0.25) is 0 Å². The Labute approximate surface area is 105 Å². The fourth-order valence-electron chi connectivity index (χ4n) is 1.70. The van der Waals surface area contributed by atoms with E-state index in [2.05, 4.69) is 4.98 Å². The Balaban J connectivity index is 1.97. The first kappa shape index (κ1) is 12.2. The summed E-state index contributed by atoms with van der Waals surface area (Å²) < 4.78 is 0. The number of hydrogen-bond acceptors (Lipinski definition) is 3. The molecular weight excluding hydrogens is 226 g/mol. The molecule has 0 aliphatic carbocycles. The standard InChI is InChI=1S/C15H13NO2/c17-11-13-3-6-14(7-4-13)15(18)8-5-12-2-1-9-16-10-12/h1-4,6-7,9-11H,5,8H2. The number of aryl methyl sites for hydroxylation is 1. The van der Waals surface area contributed by atoms with Crippen LogP contribution in [0.1, 0.15) is 32.7 Å². The van der Waals surface area contributed by atoms with Crippen molar-refractivity contribution in [2.24, 2.45) is 0 Å². The van der Waals surface area contributed by atoms with Gasteiger partial charge in [0, 0.05) is 29.9 Å². The van der Waals surface area contributed by atoms with Crippen molar-refractivity contribution < 1.29 is 9.59 Å². The fourth-order valence-corrected chi connectivity index (χ4v) is 1.70. The van der Waals surface area contributed by atoms with E-state index >= 15 is 0 Å². The third-order valence-electron chi connectivity index (χ3n) is 2.73. The lowest BCUT2D eigenvalue weighted by molar-refractivity contribution is 0.0982. The molecule has 90 valence electrons. The van der Waals surface area contributed by atoms with Gasteiger partial charge in [-0.2, -0.15) is 0 Å². The van der Waals surface area contributed by atoms with Gasteiger partial charge in [0.25, 0.3) is 0 Å². The molecule has 0 unspecified atom stereocenters. The molecule has 0 spiro atoms. The second-order valence-corrected chi connectivity index (χ2v) is 4.02. The smallest absolute Gasteiger partial charge is 0.163 e. The van der Waals surface area contributed by atoms with Crippen molar-refractivity contribution in [2.45, 2.75) is 12.8 Å². The zero-order valence-electron chi connectivity index (χ0n) is 9.87. The molecule has 0 saturated heterocycles. The first-order valence-electron chi connectivity index (χ1n) is 5.77. The summed E-state index contributed by atoms with van der Waals surface area (Å²) in [4.78, 5) is 26.4. The van der Waals surface area contributed by atoms with Crippen molar-refractivity contribution >= 4 is 12.1 Å². The van der Waals surface area contributed by atoms with Gasteiger partial charge in [0.15, 0.2) is 5.78 Å². The molecule has 0 radical (unpaired) electrons. The molecule has 0 atom stereocenters. The van der Waals surface area contributed by atoms with Crippen LogP contribution in [-0.4, -0.2) is 17.1 Å². The Morgan fingerprint density at radius 1 is 1.17 bits per heavy atom. The zero-order valence-corrected chi connectivity index (χ0v) is 9.87.